The van der Waals surface area contributed by atoms with Gasteiger partial charge in [-0.15, -0.1) is 0 Å². The Morgan fingerprint density at radius 1 is 1.19 bits per heavy atom. The molecule has 1 N–H and O–H groups in total. The predicted octanol–water partition coefficient (Wildman–Crippen LogP) is 3.74. The molecule has 2 nitrogen and oxygen atoms in total. The van der Waals surface area contributed by atoms with Gasteiger partial charge in [0.15, 0.2) is 0 Å². The van der Waals surface area contributed by atoms with Crippen molar-refractivity contribution in [3.05, 3.63) is 35.4 Å². The Morgan fingerprint density at radius 2 is 1.81 bits per heavy atom. The summed E-state index contributed by atoms with van der Waals surface area (Å²) in [5.74, 6) is -0.178. The van der Waals surface area contributed by atoms with Gasteiger partial charge in [0.2, 0.25) is 0 Å². The van der Waals surface area contributed by atoms with Gasteiger partial charge in [0.25, 0.3) is 0 Å². The second-order valence-electron chi connectivity index (χ2n) is 6.13. The van der Waals surface area contributed by atoms with Crippen LogP contribution in [0, 0.1) is 17.6 Å². The maximum absolute atomic E-state index is 13.4. The van der Waals surface area contributed by atoms with Gasteiger partial charge in [-0.3, -0.25) is 0 Å². The van der Waals surface area contributed by atoms with E-state index >= 15 is 0 Å². The van der Waals surface area contributed by atoms with E-state index in [2.05, 4.69) is 17.1 Å². The Bertz CT molecular complexity index is 422. The molecule has 0 saturated carbocycles. The molecule has 1 aromatic carbocycles. The Morgan fingerprint density at radius 3 is 2.38 bits per heavy atom. The monoisotopic (exact) mass is 296 g/mol. The minimum Gasteiger partial charge on any atom is -0.310 e. The summed E-state index contributed by atoms with van der Waals surface area (Å²) in [5.41, 5.74) is 0.708. The quantitative estimate of drug-likeness (QED) is 0.860. The Kier molecular flexibility index (Phi) is 6.12. The molecular weight excluding hydrogens is 270 g/mol. The fourth-order valence-electron chi connectivity index (χ4n) is 3.01. The minimum atomic E-state index is -0.500. The van der Waals surface area contributed by atoms with Crippen molar-refractivity contribution in [3.8, 4) is 0 Å². The van der Waals surface area contributed by atoms with E-state index in [-0.39, 0.29) is 6.04 Å². The highest BCUT2D eigenvalue weighted by Gasteiger charge is 2.18. The second kappa shape index (κ2) is 7.85. The van der Waals surface area contributed by atoms with Gasteiger partial charge in [0.1, 0.15) is 11.6 Å². The summed E-state index contributed by atoms with van der Waals surface area (Å²) in [6.07, 6.45) is 3.38. The van der Waals surface area contributed by atoms with Gasteiger partial charge in [-0.2, -0.15) is 0 Å². The molecule has 1 unspecified atom stereocenters. The van der Waals surface area contributed by atoms with Gasteiger partial charge in [0.05, 0.1) is 0 Å². The maximum atomic E-state index is 13.4. The first-order valence-corrected chi connectivity index (χ1v) is 8.00. The van der Waals surface area contributed by atoms with Crippen LogP contribution in [0.3, 0.4) is 0 Å². The first kappa shape index (κ1) is 16.4. The number of rotatable bonds is 6. The SMILES string of the molecule is CCNC(CCN1CCC(C)CC1)c1cc(F)cc(F)c1. The third kappa shape index (κ3) is 5.04. The van der Waals surface area contributed by atoms with E-state index in [1.165, 1.54) is 25.0 Å². The zero-order valence-electron chi connectivity index (χ0n) is 13.0. The largest absolute Gasteiger partial charge is 0.310 e. The van der Waals surface area contributed by atoms with Gasteiger partial charge < -0.3 is 10.2 Å². The second-order valence-corrected chi connectivity index (χ2v) is 6.13. The Labute approximate surface area is 126 Å². The van der Waals surface area contributed by atoms with E-state index in [9.17, 15) is 8.78 Å². The van der Waals surface area contributed by atoms with E-state index in [1.807, 2.05) is 6.92 Å². The van der Waals surface area contributed by atoms with Gasteiger partial charge in [0, 0.05) is 12.1 Å². The van der Waals surface area contributed by atoms with Crippen molar-refractivity contribution in [1.29, 1.82) is 0 Å². The molecule has 0 amide bonds. The van der Waals surface area contributed by atoms with Gasteiger partial charge in [-0.1, -0.05) is 13.8 Å². The van der Waals surface area contributed by atoms with Crippen LogP contribution in [0.15, 0.2) is 18.2 Å². The summed E-state index contributed by atoms with van der Waals surface area (Å²) >= 11 is 0. The van der Waals surface area contributed by atoms with Crippen LogP contribution in [-0.4, -0.2) is 31.1 Å². The highest BCUT2D eigenvalue weighted by molar-refractivity contribution is 5.21. The van der Waals surface area contributed by atoms with Crippen molar-refractivity contribution in [2.24, 2.45) is 5.92 Å². The lowest BCUT2D eigenvalue weighted by Gasteiger charge is -2.31. The highest BCUT2D eigenvalue weighted by Crippen LogP contribution is 2.22. The fourth-order valence-corrected chi connectivity index (χ4v) is 3.01. The molecule has 0 aliphatic carbocycles. The lowest BCUT2D eigenvalue weighted by molar-refractivity contribution is 0.184. The van der Waals surface area contributed by atoms with Crippen LogP contribution in [0.2, 0.25) is 0 Å². The normalized spacial score (nSPS) is 18.9. The highest BCUT2D eigenvalue weighted by atomic mass is 19.1. The lowest BCUT2D eigenvalue weighted by atomic mass is 9.98. The molecule has 1 aromatic rings. The summed E-state index contributed by atoms with van der Waals surface area (Å²) in [7, 11) is 0. The number of halogens is 2. The zero-order chi connectivity index (χ0) is 15.2. The topological polar surface area (TPSA) is 15.3 Å². The number of hydrogen-bond donors (Lipinski definition) is 1. The summed E-state index contributed by atoms with van der Waals surface area (Å²) in [6.45, 7) is 8.36. The minimum absolute atomic E-state index is 0.0135. The van der Waals surface area contributed by atoms with Crippen molar-refractivity contribution < 1.29 is 8.78 Å². The Balaban J connectivity index is 1.95. The number of hydrogen-bond acceptors (Lipinski definition) is 2. The molecule has 1 aliphatic heterocycles. The van der Waals surface area contributed by atoms with Crippen molar-refractivity contribution in [2.45, 2.75) is 39.2 Å². The van der Waals surface area contributed by atoms with Gasteiger partial charge in [-0.05, 0) is 69.1 Å². The van der Waals surface area contributed by atoms with Crippen LogP contribution in [0.25, 0.3) is 0 Å². The first-order valence-electron chi connectivity index (χ1n) is 8.00. The van der Waals surface area contributed by atoms with Crippen LogP contribution in [0.5, 0.6) is 0 Å². The first-order chi connectivity index (χ1) is 10.1. The average Bonchev–Trinajstić information content (AvgIpc) is 2.44. The molecule has 1 fully saturated rings. The molecule has 4 heteroatoms. The molecule has 0 radical (unpaired) electrons. The standard InChI is InChI=1S/C17H26F2N2/c1-3-20-17(14-10-15(18)12-16(19)11-14)6-9-21-7-4-13(2)5-8-21/h10-13,17,20H,3-9H2,1-2H3. The third-order valence-corrected chi connectivity index (χ3v) is 4.35. The third-order valence-electron chi connectivity index (χ3n) is 4.35. The van der Waals surface area contributed by atoms with Gasteiger partial charge >= 0.3 is 0 Å². The summed E-state index contributed by atoms with van der Waals surface area (Å²) in [4.78, 5) is 2.46. The summed E-state index contributed by atoms with van der Waals surface area (Å²) in [6, 6.07) is 3.82. The van der Waals surface area contributed by atoms with E-state index in [0.29, 0.717) is 5.56 Å². The number of piperidine rings is 1. The molecule has 21 heavy (non-hydrogen) atoms. The molecule has 1 heterocycles. The molecule has 0 bridgehead atoms. The van der Waals surface area contributed by atoms with Crippen LogP contribution < -0.4 is 5.32 Å². The molecule has 0 spiro atoms. The molecular formula is C17H26F2N2. The Hall–Kier alpha value is -1.00. The van der Waals surface area contributed by atoms with E-state index in [4.69, 9.17) is 0 Å². The molecule has 2 rings (SSSR count). The van der Waals surface area contributed by atoms with Crippen LogP contribution in [-0.2, 0) is 0 Å². The summed E-state index contributed by atoms with van der Waals surface area (Å²) < 4.78 is 26.8. The van der Waals surface area contributed by atoms with Crippen LogP contribution >= 0.6 is 0 Å². The lowest BCUT2D eigenvalue weighted by Crippen LogP contribution is -2.35. The molecule has 0 aromatic heterocycles. The van der Waals surface area contributed by atoms with Crippen molar-refractivity contribution in [1.82, 2.24) is 10.2 Å². The average molecular weight is 296 g/mol. The van der Waals surface area contributed by atoms with Crippen LogP contribution in [0.1, 0.15) is 44.7 Å². The number of nitrogens with one attached hydrogen (secondary N) is 1. The smallest absolute Gasteiger partial charge is 0.126 e. The number of likely N-dealkylation sites (tertiary alicyclic amines) is 1. The fraction of sp³-hybridized carbons (Fsp3) is 0.647. The molecule has 1 atom stereocenters. The number of nitrogens with zero attached hydrogens (tertiary/aromatic N) is 1. The molecule has 1 aliphatic rings. The number of benzene rings is 1. The van der Waals surface area contributed by atoms with Crippen molar-refractivity contribution in [3.63, 3.8) is 0 Å². The molecule has 1 saturated heterocycles. The van der Waals surface area contributed by atoms with E-state index < -0.39 is 11.6 Å². The predicted molar refractivity (Wildman–Crippen MR) is 82.2 cm³/mol. The van der Waals surface area contributed by atoms with Crippen molar-refractivity contribution in [2.75, 3.05) is 26.2 Å². The zero-order valence-corrected chi connectivity index (χ0v) is 13.0. The molecule has 118 valence electrons. The van der Waals surface area contributed by atoms with E-state index in [1.54, 1.807) is 0 Å². The summed E-state index contributed by atoms with van der Waals surface area (Å²) in [5, 5.41) is 3.34. The van der Waals surface area contributed by atoms with Crippen LogP contribution in [0.4, 0.5) is 8.78 Å². The maximum Gasteiger partial charge on any atom is 0.126 e. The van der Waals surface area contributed by atoms with Gasteiger partial charge in [-0.25, -0.2) is 8.78 Å². The van der Waals surface area contributed by atoms with Crippen molar-refractivity contribution >= 4 is 0 Å². The van der Waals surface area contributed by atoms with E-state index in [0.717, 1.165) is 44.6 Å².